The number of hydrogen-bond acceptors (Lipinski definition) is 6. The van der Waals surface area contributed by atoms with Gasteiger partial charge < -0.3 is 13.9 Å². The van der Waals surface area contributed by atoms with Crippen molar-refractivity contribution in [3.63, 3.8) is 0 Å². The standard InChI is InChI=1S/C17H22N2O5/c1-16(2,3)23-14(20)19(15(21)24-17(4,5)6)13-12-11(7-9-18-13)8-10-22-12/h7-10H,1-6H3. The van der Waals surface area contributed by atoms with Crippen LogP contribution in [0, 0.1) is 0 Å². The summed E-state index contributed by atoms with van der Waals surface area (Å²) in [6.45, 7) is 10.2. The van der Waals surface area contributed by atoms with E-state index < -0.39 is 23.4 Å². The van der Waals surface area contributed by atoms with Crippen LogP contribution in [-0.2, 0) is 9.47 Å². The van der Waals surface area contributed by atoms with Crippen LogP contribution in [0.2, 0.25) is 0 Å². The van der Waals surface area contributed by atoms with Gasteiger partial charge in [0.2, 0.25) is 0 Å². The molecule has 2 aromatic rings. The molecule has 2 aromatic heterocycles. The summed E-state index contributed by atoms with van der Waals surface area (Å²) in [7, 11) is 0. The largest absolute Gasteiger partial charge is 0.460 e. The number of aromatic nitrogens is 1. The Morgan fingerprint density at radius 3 is 2.04 bits per heavy atom. The molecular weight excluding hydrogens is 312 g/mol. The van der Waals surface area contributed by atoms with Gasteiger partial charge >= 0.3 is 12.2 Å². The predicted octanol–water partition coefficient (Wildman–Crippen LogP) is 4.50. The molecule has 7 nitrogen and oxygen atoms in total. The number of pyridine rings is 1. The highest BCUT2D eigenvalue weighted by Gasteiger charge is 2.35. The van der Waals surface area contributed by atoms with Gasteiger partial charge in [0.05, 0.1) is 6.26 Å². The Labute approximate surface area is 140 Å². The Hall–Kier alpha value is -2.57. The van der Waals surface area contributed by atoms with Crippen molar-refractivity contribution in [2.45, 2.75) is 52.7 Å². The second-order valence-electron chi connectivity index (χ2n) is 7.27. The van der Waals surface area contributed by atoms with Gasteiger partial charge in [-0.05, 0) is 53.7 Å². The molecule has 24 heavy (non-hydrogen) atoms. The lowest BCUT2D eigenvalue weighted by atomic mass is 10.2. The summed E-state index contributed by atoms with van der Waals surface area (Å²) < 4.78 is 16.0. The zero-order chi connectivity index (χ0) is 18.1. The molecule has 0 saturated heterocycles. The summed E-state index contributed by atoms with van der Waals surface area (Å²) >= 11 is 0. The molecule has 0 bridgehead atoms. The predicted molar refractivity (Wildman–Crippen MR) is 89.0 cm³/mol. The average molecular weight is 334 g/mol. The van der Waals surface area contributed by atoms with Gasteiger partial charge in [-0.15, -0.1) is 0 Å². The quantitative estimate of drug-likeness (QED) is 0.763. The third-order valence-corrected chi connectivity index (χ3v) is 2.71. The molecule has 0 aliphatic heterocycles. The monoisotopic (exact) mass is 334 g/mol. The molecule has 0 aliphatic rings. The van der Waals surface area contributed by atoms with E-state index in [0.29, 0.717) is 11.0 Å². The fraction of sp³-hybridized carbons (Fsp3) is 0.471. The Kier molecular flexibility index (Phi) is 4.55. The van der Waals surface area contributed by atoms with Crippen molar-refractivity contribution >= 4 is 29.0 Å². The van der Waals surface area contributed by atoms with E-state index in [1.165, 1.54) is 12.5 Å². The number of carbonyl (C=O) groups excluding carboxylic acids is 2. The number of furan rings is 1. The highest BCUT2D eigenvalue weighted by Crippen LogP contribution is 2.28. The van der Waals surface area contributed by atoms with E-state index in [2.05, 4.69) is 4.98 Å². The van der Waals surface area contributed by atoms with Gasteiger partial charge in [0.15, 0.2) is 11.4 Å². The van der Waals surface area contributed by atoms with Crippen LogP contribution in [0.4, 0.5) is 15.4 Å². The summed E-state index contributed by atoms with van der Waals surface area (Å²) in [5, 5.41) is 0.706. The van der Waals surface area contributed by atoms with Crippen LogP contribution in [0.1, 0.15) is 41.5 Å². The molecule has 2 amide bonds. The van der Waals surface area contributed by atoms with Crippen LogP contribution < -0.4 is 4.90 Å². The highest BCUT2D eigenvalue weighted by molar-refractivity contribution is 6.12. The summed E-state index contributed by atoms with van der Waals surface area (Å²) in [4.78, 5) is 30.0. The molecule has 0 radical (unpaired) electrons. The molecule has 0 N–H and O–H groups in total. The minimum atomic E-state index is -0.881. The Balaban J connectivity index is 2.48. The minimum Gasteiger partial charge on any atom is -0.460 e. The van der Waals surface area contributed by atoms with Gasteiger partial charge in [0, 0.05) is 11.6 Å². The number of imide groups is 1. The van der Waals surface area contributed by atoms with Crippen LogP contribution >= 0.6 is 0 Å². The van der Waals surface area contributed by atoms with E-state index in [1.807, 2.05) is 0 Å². The topological polar surface area (TPSA) is 81.9 Å². The lowest BCUT2D eigenvalue weighted by molar-refractivity contribution is 0.0429. The molecule has 0 fully saturated rings. The molecule has 0 aliphatic carbocycles. The van der Waals surface area contributed by atoms with Crippen LogP contribution in [0.3, 0.4) is 0 Å². The van der Waals surface area contributed by atoms with Crippen LogP contribution in [0.25, 0.3) is 11.0 Å². The van der Waals surface area contributed by atoms with Crippen molar-refractivity contribution in [2.75, 3.05) is 4.90 Å². The summed E-state index contributed by atoms with van der Waals surface area (Å²) in [5.41, 5.74) is -1.27. The van der Waals surface area contributed by atoms with E-state index >= 15 is 0 Å². The number of ether oxygens (including phenoxy) is 2. The molecule has 130 valence electrons. The second kappa shape index (κ2) is 6.14. The zero-order valence-corrected chi connectivity index (χ0v) is 14.7. The van der Waals surface area contributed by atoms with E-state index in [0.717, 1.165) is 4.90 Å². The number of fused-ring (bicyclic) bond motifs is 1. The van der Waals surface area contributed by atoms with Gasteiger partial charge in [-0.3, -0.25) is 0 Å². The number of rotatable bonds is 1. The normalized spacial score (nSPS) is 12.1. The Morgan fingerprint density at radius 2 is 1.54 bits per heavy atom. The van der Waals surface area contributed by atoms with Gasteiger partial charge in [-0.1, -0.05) is 0 Å². The van der Waals surface area contributed by atoms with Crippen molar-refractivity contribution in [3.8, 4) is 0 Å². The maximum Gasteiger partial charge on any atom is 0.425 e. The van der Waals surface area contributed by atoms with Gasteiger partial charge in [-0.25, -0.2) is 14.6 Å². The first kappa shape index (κ1) is 17.8. The SMILES string of the molecule is CC(C)(C)OC(=O)N(C(=O)OC(C)(C)C)c1nccc2ccoc12. The first-order valence-corrected chi connectivity index (χ1v) is 7.56. The molecule has 0 unspecified atom stereocenters. The molecule has 2 heterocycles. The molecule has 0 aromatic carbocycles. The van der Waals surface area contributed by atoms with Gasteiger partial charge in [0.25, 0.3) is 0 Å². The fourth-order valence-electron chi connectivity index (χ4n) is 1.90. The van der Waals surface area contributed by atoms with Gasteiger partial charge in [0.1, 0.15) is 11.2 Å². The summed E-state index contributed by atoms with van der Waals surface area (Å²) in [5.74, 6) is 0.0287. The van der Waals surface area contributed by atoms with Crippen LogP contribution in [0.15, 0.2) is 29.0 Å². The first-order valence-electron chi connectivity index (χ1n) is 7.56. The van der Waals surface area contributed by atoms with Crippen molar-refractivity contribution in [2.24, 2.45) is 0 Å². The van der Waals surface area contributed by atoms with E-state index in [-0.39, 0.29) is 5.82 Å². The number of nitrogens with zero attached hydrogens (tertiary/aromatic N) is 2. The third-order valence-electron chi connectivity index (χ3n) is 2.71. The highest BCUT2D eigenvalue weighted by atomic mass is 16.6. The Morgan fingerprint density at radius 1 is 1.00 bits per heavy atom. The number of anilines is 1. The van der Waals surface area contributed by atoms with Crippen molar-refractivity contribution < 1.29 is 23.5 Å². The Bertz CT molecular complexity index is 724. The molecule has 2 rings (SSSR count). The lowest BCUT2D eigenvalue weighted by Crippen LogP contribution is -2.44. The average Bonchev–Trinajstić information content (AvgIpc) is 2.83. The van der Waals surface area contributed by atoms with E-state index in [9.17, 15) is 9.59 Å². The van der Waals surface area contributed by atoms with Gasteiger partial charge in [-0.2, -0.15) is 4.90 Å². The van der Waals surface area contributed by atoms with E-state index in [1.54, 1.807) is 53.7 Å². The maximum absolute atomic E-state index is 12.6. The molecule has 7 heteroatoms. The first-order chi connectivity index (χ1) is 11.0. The number of hydrogen-bond donors (Lipinski definition) is 0. The summed E-state index contributed by atoms with van der Waals surface area (Å²) in [6, 6.07) is 3.42. The second-order valence-corrected chi connectivity index (χ2v) is 7.27. The van der Waals surface area contributed by atoms with Crippen molar-refractivity contribution in [1.82, 2.24) is 4.98 Å². The third kappa shape index (κ3) is 4.24. The van der Waals surface area contributed by atoms with Crippen molar-refractivity contribution in [1.29, 1.82) is 0 Å². The molecule has 0 atom stereocenters. The minimum absolute atomic E-state index is 0.0287. The van der Waals surface area contributed by atoms with E-state index in [4.69, 9.17) is 13.9 Å². The molecular formula is C17H22N2O5. The molecule has 0 saturated carbocycles. The smallest absolute Gasteiger partial charge is 0.425 e. The number of amides is 2. The number of carbonyl (C=O) groups is 2. The lowest BCUT2D eigenvalue weighted by Gasteiger charge is -2.27. The van der Waals surface area contributed by atoms with Crippen LogP contribution in [-0.4, -0.2) is 28.4 Å². The fourth-order valence-corrected chi connectivity index (χ4v) is 1.90. The zero-order valence-electron chi connectivity index (χ0n) is 14.7. The van der Waals surface area contributed by atoms with Crippen molar-refractivity contribution in [3.05, 3.63) is 24.6 Å². The molecule has 0 spiro atoms. The summed E-state index contributed by atoms with van der Waals surface area (Å²) in [6.07, 6.45) is 1.17. The van der Waals surface area contributed by atoms with Crippen LogP contribution in [0.5, 0.6) is 0 Å². The maximum atomic E-state index is 12.6.